The number of nitrogens with zero attached hydrogens (tertiary/aromatic N) is 4. The highest BCUT2D eigenvalue weighted by Crippen LogP contribution is 2.31. The summed E-state index contributed by atoms with van der Waals surface area (Å²) in [4.78, 5) is 8.35. The number of ether oxygens (including phenoxy) is 1. The molecule has 20 heavy (non-hydrogen) atoms. The first kappa shape index (κ1) is 13.4. The van der Waals surface area contributed by atoms with Crippen LogP contribution in [0, 0.1) is 0 Å². The zero-order chi connectivity index (χ0) is 14.3. The maximum atomic E-state index is 6.05. The quantitative estimate of drug-likeness (QED) is 0.672. The molecule has 0 bridgehead atoms. The molecule has 0 N–H and O–H groups in total. The number of benzene rings is 1. The summed E-state index contributed by atoms with van der Waals surface area (Å²) in [5.74, 6) is 1.31. The molecular weight excluding hydrogens is 323 g/mol. The number of rotatable bonds is 2. The van der Waals surface area contributed by atoms with Gasteiger partial charge in [0.2, 0.25) is 0 Å². The standard InChI is InChI=1S/C12H7Cl3N4O/c1-20-8-4-6(13)2-3-7(8)11-17-12-16-9(14)5-10(15)19(12)18-11/h2-5H,1H3. The minimum atomic E-state index is 0.254. The molecule has 0 aliphatic carbocycles. The van der Waals surface area contributed by atoms with Gasteiger partial charge in [0.05, 0.1) is 12.7 Å². The monoisotopic (exact) mass is 328 g/mol. The number of hydrogen-bond acceptors (Lipinski definition) is 4. The average molecular weight is 330 g/mol. The molecule has 0 aliphatic heterocycles. The number of halogens is 3. The Bertz CT molecular complexity index is 803. The Morgan fingerprint density at radius 2 is 1.90 bits per heavy atom. The molecule has 0 amide bonds. The number of aromatic nitrogens is 4. The normalized spacial score (nSPS) is 11.0. The third-order valence-corrected chi connectivity index (χ3v) is 3.34. The van der Waals surface area contributed by atoms with Crippen molar-refractivity contribution >= 4 is 40.6 Å². The molecule has 2 heterocycles. The van der Waals surface area contributed by atoms with E-state index in [0.717, 1.165) is 0 Å². The molecule has 0 fully saturated rings. The molecule has 2 aromatic heterocycles. The van der Waals surface area contributed by atoms with Gasteiger partial charge in [0.25, 0.3) is 5.78 Å². The molecule has 0 spiro atoms. The van der Waals surface area contributed by atoms with Gasteiger partial charge in [0, 0.05) is 11.1 Å². The lowest BCUT2D eigenvalue weighted by Gasteiger charge is -2.05. The molecule has 3 rings (SSSR count). The first-order valence-electron chi connectivity index (χ1n) is 5.51. The summed E-state index contributed by atoms with van der Waals surface area (Å²) in [5, 5.41) is 5.43. The second-order valence-corrected chi connectivity index (χ2v) is 5.10. The van der Waals surface area contributed by atoms with Crippen molar-refractivity contribution in [2.24, 2.45) is 0 Å². The van der Waals surface area contributed by atoms with Gasteiger partial charge in [-0.1, -0.05) is 34.8 Å². The van der Waals surface area contributed by atoms with E-state index in [1.807, 2.05) is 0 Å². The Hall–Kier alpha value is -1.56. The Morgan fingerprint density at radius 3 is 2.65 bits per heavy atom. The zero-order valence-corrected chi connectivity index (χ0v) is 12.4. The van der Waals surface area contributed by atoms with Gasteiger partial charge in [-0.3, -0.25) is 0 Å². The summed E-state index contributed by atoms with van der Waals surface area (Å²) < 4.78 is 6.68. The van der Waals surface area contributed by atoms with Crippen LogP contribution in [0.15, 0.2) is 24.3 Å². The van der Waals surface area contributed by atoms with Crippen molar-refractivity contribution < 1.29 is 4.74 Å². The van der Waals surface area contributed by atoms with Crippen LogP contribution in [-0.2, 0) is 0 Å². The summed E-state index contributed by atoms with van der Waals surface area (Å²) in [6.45, 7) is 0. The highest BCUT2D eigenvalue weighted by Gasteiger charge is 2.14. The van der Waals surface area contributed by atoms with Crippen LogP contribution in [-0.4, -0.2) is 26.7 Å². The van der Waals surface area contributed by atoms with Crippen LogP contribution in [0.4, 0.5) is 0 Å². The summed E-state index contributed by atoms with van der Waals surface area (Å²) >= 11 is 17.8. The van der Waals surface area contributed by atoms with Crippen LogP contribution < -0.4 is 4.74 Å². The first-order valence-corrected chi connectivity index (χ1v) is 6.64. The SMILES string of the molecule is COc1cc(Cl)ccc1-c1nc2nc(Cl)cc(Cl)n2n1. The van der Waals surface area contributed by atoms with Gasteiger partial charge < -0.3 is 4.74 Å². The van der Waals surface area contributed by atoms with Crippen LogP contribution in [0.5, 0.6) is 5.75 Å². The van der Waals surface area contributed by atoms with Gasteiger partial charge >= 0.3 is 0 Å². The predicted molar refractivity (Wildman–Crippen MR) is 77.8 cm³/mol. The first-order chi connectivity index (χ1) is 9.58. The van der Waals surface area contributed by atoms with E-state index < -0.39 is 0 Å². The minimum Gasteiger partial charge on any atom is -0.496 e. The van der Waals surface area contributed by atoms with Crippen LogP contribution in [0.1, 0.15) is 0 Å². The van der Waals surface area contributed by atoms with Crippen LogP contribution in [0.2, 0.25) is 15.3 Å². The van der Waals surface area contributed by atoms with E-state index in [2.05, 4.69) is 15.1 Å². The molecule has 0 unspecified atom stereocenters. The molecular formula is C12H7Cl3N4O. The fourth-order valence-corrected chi connectivity index (χ4v) is 2.38. The largest absolute Gasteiger partial charge is 0.496 e. The van der Waals surface area contributed by atoms with Crippen LogP contribution in [0.3, 0.4) is 0 Å². The maximum Gasteiger partial charge on any atom is 0.255 e. The molecule has 0 atom stereocenters. The lowest BCUT2D eigenvalue weighted by Crippen LogP contribution is -1.93. The van der Waals surface area contributed by atoms with Gasteiger partial charge in [-0.2, -0.15) is 14.5 Å². The van der Waals surface area contributed by atoms with E-state index in [0.29, 0.717) is 33.1 Å². The fraction of sp³-hybridized carbons (Fsp3) is 0.0833. The number of fused-ring (bicyclic) bond motifs is 1. The van der Waals surface area contributed by atoms with E-state index in [1.165, 1.54) is 10.6 Å². The summed E-state index contributed by atoms with van der Waals surface area (Å²) in [5.41, 5.74) is 0.689. The maximum absolute atomic E-state index is 6.05. The second-order valence-electron chi connectivity index (χ2n) is 3.89. The number of methoxy groups -OCH3 is 1. The fourth-order valence-electron chi connectivity index (χ4n) is 1.77. The Balaban J connectivity index is 2.22. The smallest absolute Gasteiger partial charge is 0.255 e. The molecule has 0 saturated heterocycles. The molecule has 3 aromatic rings. The van der Waals surface area contributed by atoms with Gasteiger partial charge in [-0.05, 0) is 18.2 Å². The third-order valence-electron chi connectivity index (χ3n) is 2.64. The summed E-state index contributed by atoms with van der Waals surface area (Å²) in [7, 11) is 1.55. The van der Waals surface area contributed by atoms with Gasteiger partial charge in [0.1, 0.15) is 16.1 Å². The lowest BCUT2D eigenvalue weighted by molar-refractivity contribution is 0.416. The van der Waals surface area contributed by atoms with Crippen LogP contribution in [0.25, 0.3) is 17.2 Å². The van der Waals surface area contributed by atoms with Gasteiger partial charge in [0.15, 0.2) is 5.82 Å². The Morgan fingerprint density at radius 1 is 1.10 bits per heavy atom. The van der Waals surface area contributed by atoms with Crippen molar-refractivity contribution in [3.05, 3.63) is 39.6 Å². The molecule has 0 saturated carbocycles. The highest BCUT2D eigenvalue weighted by molar-refractivity contribution is 6.33. The Labute approximate surface area is 129 Å². The van der Waals surface area contributed by atoms with Crippen molar-refractivity contribution in [3.63, 3.8) is 0 Å². The molecule has 1 aromatic carbocycles. The van der Waals surface area contributed by atoms with E-state index in [9.17, 15) is 0 Å². The molecule has 102 valence electrons. The molecule has 8 heteroatoms. The third kappa shape index (κ3) is 2.28. The van der Waals surface area contributed by atoms with E-state index in [1.54, 1.807) is 25.3 Å². The van der Waals surface area contributed by atoms with E-state index in [-0.39, 0.29) is 5.15 Å². The summed E-state index contributed by atoms with van der Waals surface area (Å²) in [6.07, 6.45) is 0. The summed E-state index contributed by atoms with van der Waals surface area (Å²) in [6, 6.07) is 6.68. The van der Waals surface area contributed by atoms with Crippen molar-refractivity contribution in [3.8, 4) is 17.1 Å². The van der Waals surface area contributed by atoms with E-state index >= 15 is 0 Å². The average Bonchev–Trinajstić information content (AvgIpc) is 2.82. The van der Waals surface area contributed by atoms with Crippen LogP contribution >= 0.6 is 34.8 Å². The highest BCUT2D eigenvalue weighted by atomic mass is 35.5. The van der Waals surface area contributed by atoms with Crippen molar-refractivity contribution in [2.75, 3.05) is 7.11 Å². The van der Waals surface area contributed by atoms with Crippen molar-refractivity contribution in [1.82, 2.24) is 19.6 Å². The topological polar surface area (TPSA) is 52.3 Å². The second kappa shape index (κ2) is 5.09. The lowest BCUT2D eigenvalue weighted by atomic mass is 10.2. The Kier molecular flexibility index (Phi) is 3.41. The van der Waals surface area contributed by atoms with Gasteiger partial charge in [-0.25, -0.2) is 0 Å². The van der Waals surface area contributed by atoms with Crippen molar-refractivity contribution in [2.45, 2.75) is 0 Å². The van der Waals surface area contributed by atoms with Gasteiger partial charge in [-0.15, -0.1) is 5.10 Å². The molecule has 0 radical (unpaired) electrons. The zero-order valence-electron chi connectivity index (χ0n) is 10.1. The minimum absolute atomic E-state index is 0.254. The number of hydrogen-bond donors (Lipinski definition) is 0. The van der Waals surface area contributed by atoms with E-state index in [4.69, 9.17) is 39.5 Å². The molecule has 5 nitrogen and oxygen atoms in total. The van der Waals surface area contributed by atoms with Crippen molar-refractivity contribution in [1.29, 1.82) is 0 Å². The predicted octanol–water partition coefficient (Wildman–Crippen LogP) is 3.76. The molecule has 0 aliphatic rings.